The van der Waals surface area contributed by atoms with Gasteiger partial charge >= 0.3 is 242 Å². The Labute approximate surface area is 238 Å². The zero-order valence-corrected chi connectivity index (χ0v) is 30.1. The van der Waals surface area contributed by atoms with Crippen LogP contribution in [0.1, 0.15) is 0 Å². The van der Waals surface area contributed by atoms with Gasteiger partial charge < -0.3 is 0 Å². The van der Waals surface area contributed by atoms with Crippen LogP contribution < -0.4 is 0 Å². The Morgan fingerprint density at radius 3 is 0.684 bits per heavy atom. The summed E-state index contributed by atoms with van der Waals surface area (Å²) in [5.74, 6) is 0. The molecule has 4 atom stereocenters. The van der Waals surface area contributed by atoms with E-state index in [0.29, 0.717) is 0 Å². The summed E-state index contributed by atoms with van der Waals surface area (Å²) < 4.78 is 225. The summed E-state index contributed by atoms with van der Waals surface area (Å²) in [4.78, 5) is 0. The van der Waals surface area contributed by atoms with E-state index in [0.717, 1.165) is 0 Å². The molecule has 0 saturated carbocycles. The molecule has 6 N–H and O–H groups in total. The van der Waals surface area contributed by atoms with Crippen LogP contribution in [0, 0.1) is 0 Å². The molecule has 4 unspecified atom stereocenters. The van der Waals surface area contributed by atoms with Crippen LogP contribution in [0.3, 0.4) is 0 Å². The zero-order chi connectivity index (χ0) is 29.5. The average molecular weight is 963 g/mol. The predicted octanol–water partition coefficient (Wildman–Crippen LogP) is -5.38. The SMILES string of the molecule is [O]=[V]([OH])([OH])[O][V]1(=[O])[O][V]2(=[O])[O][V](=[O])([O][V](=[O])([OH])[OH])[O][V](=[O])([O]2)[O][V]2(=[O])[O][V](=[O])([O][V](=[O])([OH])[OH])[O][V](=[O])([O]1)[O]2. The summed E-state index contributed by atoms with van der Waals surface area (Å²) in [6.07, 6.45) is 0. The van der Waals surface area contributed by atoms with Gasteiger partial charge in [0, 0.05) is 0 Å². The Bertz CT molecular complexity index is 1380. The van der Waals surface area contributed by atoms with Gasteiger partial charge in [-0.25, -0.2) is 0 Å². The van der Waals surface area contributed by atoms with E-state index in [9.17, 15) is 36.7 Å². The Kier molecular flexibility index (Phi) is 10.2. The first-order valence-corrected chi connectivity index (χ1v) is 30.5. The molecule has 3 rings (SSSR count). The summed E-state index contributed by atoms with van der Waals surface area (Å²) in [6.45, 7) is 0. The monoisotopic (exact) mass is 963 g/mol. The van der Waals surface area contributed by atoms with Crippen molar-refractivity contribution in [1.29, 1.82) is 0 Å². The van der Waals surface area contributed by atoms with Gasteiger partial charge in [-0.3, -0.25) is 0 Å². The van der Waals surface area contributed by atoms with Crippen molar-refractivity contribution in [2.24, 2.45) is 0 Å². The summed E-state index contributed by atoms with van der Waals surface area (Å²) in [7, 11) is 0. The molecule has 0 spiro atoms. The summed E-state index contributed by atoms with van der Waals surface area (Å²) in [5, 5.41) is 0. The van der Waals surface area contributed by atoms with Gasteiger partial charge in [0.15, 0.2) is 0 Å². The van der Waals surface area contributed by atoms with Crippen LogP contribution in [0.15, 0.2) is 0 Å². The molecule has 3 fully saturated rings. The van der Waals surface area contributed by atoms with Crippen LogP contribution in [0.5, 0.6) is 0 Å². The molecular weight excluding hydrogens is 957 g/mol. The number of hydrogen-bond donors (Lipinski definition) is 6. The fourth-order valence-electron chi connectivity index (χ4n) is 1.81. The molecule has 3 saturated heterocycles. The van der Waals surface area contributed by atoms with E-state index in [1.165, 1.54) is 0 Å². The molecule has 3 aliphatic rings. The quantitative estimate of drug-likeness (QED) is 0.145. The van der Waals surface area contributed by atoms with Crippen molar-refractivity contribution < 1.29 is 242 Å². The van der Waals surface area contributed by atoms with E-state index in [1.54, 1.807) is 0 Å². The number of hydrogen-bond acceptors (Lipinski definition) is 22. The van der Waals surface area contributed by atoms with Gasteiger partial charge in [0.2, 0.25) is 0 Å². The Balaban J connectivity index is 2.26. The predicted molar refractivity (Wildman–Crippen MR) is 33.2 cm³/mol. The maximum absolute atomic E-state index is 13.0. The Morgan fingerprint density at radius 2 is 0.526 bits per heavy atom. The van der Waals surface area contributed by atoms with Gasteiger partial charge in [-0.05, 0) is 0 Å². The van der Waals surface area contributed by atoms with Gasteiger partial charge in [-0.2, -0.15) is 0 Å². The summed E-state index contributed by atoms with van der Waals surface area (Å²) in [5.41, 5.74) is 0. The minimum atomic E-state index is -7.54. The van der Waals surface area contributed by atoms with Crippen molar-refractivity contribution in [1.82, 2.24) is 0 Å². The molecule has 0 amide bonds. The third-order valence-electron chi connectivity index (χ3n) is 2.42. The third-order valence-corrected chi connectivity index (χ3v) is 41.1. The number of fused-ring (bicyclic) bond motifs is 4. The molecule has 3 aliphatic heterocycles. The normalized spacial score (nSPS) is 46.8. The molecule has 38 heavy (non-hydrogen) atoms. The van der Waals surface area contributed by atoms with Gasteiger partial charge in [0.05, 0.1) is 0 Å². The van der Waals surface area contributed by atoms with E-state index in [2.05, 4.69) is 31.0 Å². The van der Waals surface area contributed by atoms with Crippen molar-refractivity contribution >= 4 is 0 Å². The van der Waals surface area contributed by atoms with E-state index < -0.39 is 150 Å². The van der Waals surface area contributed by atoms with Crippen molar-refractivity contribution in [3.8, 4) is 0 Å². The second kappa shape index (κ2) is 10.9. The van der Waals surface area contributed by atoms with E-state index in [4.69, 9.17) is 24.2 Å². The molecule has 3 heterocycles. The molecule has 0 aromatic carbocycles. The standard InChI is InChI=1S/6H2O.22O.10V/h6*1H2;;;;;;;;;;;;;;;;;;;;;;;;;;;;;;;;/q;;;;;;;;;;;;;;;;;;;;;;;;;;;;;;;;;;;3*+2/p-6. The van der Waals surface area contributed by atoms with Crippen LogP contribution >= 0.6 is 0 Å². The van der Waals surface area contributed by atoms with Crippen LogP contribution in [-0.4, -0.2) is 24.2 Å². The molecule has 0 aliphatic carbocycles. The maximum atomic E-state index is 13.0. The molecule has 0 aromatic rings. The first-order valence-electron chi connectivity index (χ1n) is 7.41. The first-order chi connectivity index (χ1) is 16.5. The molecule has 28 nitrogen and oxygen atoms in total. The fourth-order valence-corrected chi connectivity index (χ4v) is 47.3. The van der Waals surface area contributed by atoms with Crippen LogP contribution in [-0.2, 0) is 218 Å². The van der Waals surface area contributed by atoms with Gasteiger partial charge in [0.25, 0.3) is 0 Å². The van der Waals surface area contributed by atoms with E-state index >= 15 is 0 Å². The average Bonchev–Trinajstić information content (AvgIpc) is 2.38. The minimum absolute atomic E-state index is 3.65. The van der Waals surface area contributed by atoms with Gasteiger partial charge in [0.1, 0.15) is 0 Å². The van der Waals surface area contributed by atoms with Gasteiger partial charge in [-0.1, -0.05) is 0 Å². The van der Waals surface area contributed by atoms with E-state index in [1.807, 2.05) is 0 Å². The fraction of sp³-hybridized carbons (Fsp3) is 0. The summed E-state index contributed by atoms with van der Waals surface area (Å²) in [6, 6.07) is 0. The summed E-state index contributed by atoms with van der Waals surface area (Å²) >= 11 is -71.2. The van der Waals surface area contributed by atoms with Crippen LogP contribution in [0.4, 0.5) is 0 Å². The van der Waals surface area contributed by atoms with E-state index in [-0.39, 0.29) is 0 Å². The molecule has 0 radical (unpaired) electrons. The van der Waals surface area contributed by atoms with Crippen molar-refractivity contribution in [3.63, 3.8) is 0 Å². The van der Waals surface area contributed by atoms with Crippen LogP contribution in [0.2, 0.25) is 0 Å². The molecular formula is H6O28V10. The van der Waals surface area contributed by atoms with Crippen molar-refractivity contribution in [2.75, 3.05) is 0 Å². The van der Waals surface area contributed by atoms with Crippen LogP contribution in [0.25, 0.3) is 0 Å². The number of rotatable bonds is 6. The first kappa shape index (κ1) is 35.6. The van der Waals surface area contributed by atoms with Crippen molar-refractivity contribution in [3.05, 3.63) is 0 Å². The Morgan fingerprint density at radius 1 is 0.368 bits per heavy atom. The second-order valence-electron chi connectivity index (χ2n) is 5.58. The van der Waals surface area contributed by atoms with Gasteiger partial charge in [-0.15, -0.1) is 0 Å². The second-order valence-corrected chi connectivity index (χ2v) is 35.6. The topological polar surface area (TPSA) is 403 Å². The molecule has 0 aromatic heterocycles. The van der Waals surface area contributed by atoms with Crippen molar-refractivity contribution in [2.45, 2.75) is 0 Å². The third kappa shape index (κ3) is 10.1. The zero-order valence-electron chi connectivity index (χ0n) is 16.1. The molecule has 224 valence electrons. The molecule has 4 bridgehead atoms. The Hall–Kier alpha value is 3.12. The molecule has 38 heteroatoms.